The largest absolute Gasteiger partial charge is 0.469 e. The molecule has 2 aromatic carbocycles. The van der Waals surface area contributed by atoms with Crippen molar-refractivity contribution in [3.63, 3.8) is 0 Å². The van der Waals surface area contributed by atoms with Crippen LogP contribution in [0.2, 0.25) is 10.0 Å². The number of ether oxygens (including phenoxy) is 3. The van der Waals surface area contributed by atoms with Gasteiger partial charge in [0.1, 0.15) is 0 Å². The molecule has 9 nitrogen and oxygen atoms in total. The van der Waals surface area contributed by atoms with E-state index in [4.69, 9.17) is 43.1 Å². The predicted octanol–water partition coefficient (Wildman–Crippen LogP) is 9.74. The lowest BCUT2D eigenvalue weighted by Crippen LogP contribution is -2.77. The van der Waals surface area contributed by atoms with Crippen LogP contribution in [0.25, 0.3) is 0 Å². The van der Waals surface area contributed by atoms with Crippen LogP contribution in [0.3, 0.4) is 0 Å². The van der Waals surface area contributed by atoms with Crippen LogP contribution >= 0.6 is 23.2 Å². The van der Waals surface area contributed by atoms with E-state index in [1.54, 1.807) is 0 Å². The standard InChI is InChI=1S/C30H44ClNO5.C21H34ClNO2/c1-19-22(14-33)30(18-37-27(19,5)6,21-9-8-20(23(31)12-21)10-11-26(2,3)4)13-24(34)32-29-15-28(16-29,17-29)25(35)36-7;1-14-17(12-24)21(23,13-25-20(14,5)6)16-8-7-15(18(22)11-16)9-10-19(2,3)4/h8-9,12,19,22,33H,10-11,13-18H2,1-7H3,(H,32,34);7-8,11,14,17,24H,9-10,12-13,23H2,1-6H3. The second-order valence-electron chi connectivity index (χ2n) is 23.2. The number of benzene rings is 2. The van der Waals surface area contributed by atoms with Gasteiger partial charge in [-0.25, -0.2) is 0 Å². The topological polar surface area (TPSA) is 140 Å². The van der Waals surface area contributed by atoms with E-state index in [1.807, 2.05) is 26.0 Å². The number of carbonyl (C=O) groups is 2. The van der Waals surface area contributed by atoms with E-state index in [9.17, 15) is 19.8 Å². The maximum Gasteiger partial charge on any atom is 0.312 e. The minimum absolute atomic E-state index is 0.0101. The van der Waals surface area contributed by atoms with Crippen molar-refractivity contribution in [3.8, 4) is 0 Å². The number of halogens is 2. The molecular weight excluding hydrogens is 823 g/mol. The number of aliphatic hydroxyl groups is 2. The summed E-state index contributed by atoms with van der Waals surface area (Å²) in [6.45, 7) is 26.4. The van der Waals surface area contributed by atoms with Crippen LogP contribution in [0, 0.1) is 39.9 Å². The van der Waals surface area contributed by atoms with Crippen molar-refractivity contribution in [2.75, 3.05) is 33.5 Å². The molecule has 0 radical (unpaired) electrons. The van der Waals surface area contributed by atoms with Gasteiger partial charge in [0.15, 0.2) is 0 Å². The molecule has 2 bridgehead atoms. The van der Waals surface area contributed by atoms with E-state index < -0.39 is 22.0 Å². The quantitative estimate of drug-likeness (QED) is 0.155. The Labute approximate surface area is 382 Å². The molecule has 3 saturated carbocycles. The van der Waals surface area contributed by atoms with E-state index >= 15 is 0 Å². The first-order chi connectivity index (χ1) is 28.5. The summed E-state index contributed by atoms with van der Waals surface area (Å²) in [4.78, 5) is 25.6. The highest BCUT2D eigenvalue weighted by Crippen LogP contribution is 2.67. The molecule has 5 N–H and O–H groups in total. The predicted molar refractivity (Wildman–Crippen MR) is 249 cm³/mol. The highest BCUT2D eigenvalue weighted by Gasteiger charge is 2.73. The summed E-state index contributed by atoms with van der Waals surface area (Å²) in [5, 5.41) is 25.3. The minimum Gasteiger partial charge on any atom is -0.469 e. The molecule has 7 rings (SSSR count). The first-order valence-corrected chi connectivity index (χ1v) is 23.5. The van der Waals surface area contributed by atoms with Crippen LogP contribution in [-0.2, 0) is 47.6 Å². The molecule has 6 unspecified atom stereocenters. The fourth-order valence-corrected chi connectivity index (χ4v) is 11.2. The fourth-order valence-electron chi connectivity index (χ4n) is 10.6. The Morgan fingerprint density at radius 3 is 1.68 bits per heavy atom. The summed E-state index contributed by atoms with van der Waals surface area (Å²) < 4.78 is 17.4. The molecule has 1 amide bonds. The molecule has 3 aliphatic carbocycles. The molecular formula is C51H78Cl2N2O7. The van der Waals surface area contributed by atoms with Gasteiger partial charge in [-0.1, -0.05) is 103 Å². The van der Waals surface area contributed by atoms with Gasteiger partial charge in [0.25, 0.3) is 0 Å². The Morgan fingerprint density at radius 1 is 0.774 bits per heavy atom. The molecule has 0 aromatic heterocycles. The number of amides is 1. The lowest BCUT2D eigenvalue weighted by atomic mass is 9.39. The number of aliphatic hydroxyl groups excluding tert-OH is 2. The summed E-state index contributed by atoms with van der Waals surface area (Å²) >= 11 is 13.4. The fraction of sp³-hybridized carbons (Fsp3) is 0.725. The zero-order valence-corrected chi connectivity index (χ0v) is 41.5. The van der Waals surface area contributed by atoms with E-state index in [0.717, 1.165) is 53.0 Å². The van der Waals surface area contributed by atoms with Crippen molar-refractivity contribution in [3.05, 3.63) is 68.7 Å². The van der Waals surface area contributed by atoms with Gasteiger partial charge in [-0.05, 0) is 136 Å². The molecule has 62 heavy (non-hydrogen) atoms. The summed E-state index contributed by atoms with van der Waals surface area (Å²) in [6, 6.07) is 12.2. The number of methoxy groups -OCH3 is 1. The maximum atomic E-state index is 13.6. The van der Waals surface area contributed by atoms with Crippen LogP contribution in [-0.4, -0.2) is 72.4 Å². The highest BCUT2D eigenvalue weighted by atomic mass is 35.5. The van der Waals surface area contributed by atoms with Crippen molar-refractivity contribution >= 4 is 35.1 Å². The number of carbonyl (C=O) groups excluding carboxylic acids is 2. The zero-order chi connectivity index (χ0) is 46.5. The molecule has 2 heterocycles. The average Bonchev–Trinajstić information content (AvgIpc) is 3.14. The Balaban J connectivity index is 0.000000253. The van der Waals surface area contributed by atoms with E-state index in [1.165, 1.54) is 7.11 Å². The van der Waals surface area contributed by atoms with Crippen molar-refractivity contribution in [2.24, 2.45) is 45.7 Å². The van der Waals surface area contributed by atoms with Crippen LogP contribution in [0.15, 0.2) is 36.4 Å². The number of rotatable bonds is 12. The minimum atomic E-state index is -0.726. The van der Waals surface area contributed by atoms with Crippen molar-refractivity contribution in [2.45, 2.75) is 162 Å². The molecule has 0 spiro atoms. The van der Waals surface area contributed by atoms with Gasteiger partial charge in [-0.2, -0.15) is 0 Å². The molecule has 2 aromatic rings. The maximum absolute atomic E-state index is 13.6. The van der Waals surface area contributed by atoms with Crippen molar-refractivity contribution in [1.29, 1.82) is 0 Å². The summed E-state index contributed by atoms with van der Waals surface area (Å²) in [6.07, 6.45) is 5.99. The van der Waals surface area contributed by atoms with Crippen LogP contribution in [0.5, 0.6) is 0 Å². The summed E-state index contributed by atoms with van der Waals surface area (Å²) in [7, 11) is 1.41. The first kappa shape index (κ1) is 50.8. The first-order valence-electron chi connectivity index (χ1n) is 22.8. The van der Waals surface area contributed by atoms with Crippen molar-refractivity contribution < 1.29 is 34.0 Å². The molecule has 348 valence electrons. The van der Waals surface area contributed by atoms with Crippen LogP contribution < -0.4 is 11.1 Å². The van der Waals surface area contributed by atoms with Gasteiger partial charge in [0.2, 0.25) is 5.91 Å². The van der Waals surface area contributed by atoms with Gasteiger partial charge >= 0.3 is 5.97 Å². The second-order valence-corrected chi connectivity index (χ2v) is 24.0. The molecule has 5 aliphatic rings. The molecule has 2 saturated heterocycles. The average molecular weight is 902 g/mol. The third-order valence-electron chi connectivity index (χ3n) is 15.6. The van der Waals surface area contributed by atoms with Gasteiger partial charge < -0.3 is 35.5 Å². The van der Waals surface area contributed by atoms with E-state index in [-0.39, 0.29) is 77.2 Å². The second kappa shape index (κ2) is 18.2. The zero-order valence-electron chi connectivity index (χ0n) is 40.0. The van der Waals surface area contributed by atoms with Crippen molar-refractivity contribution in [1.82, 2.24) is 5.32 Å². The van der Waals surface area contributed by atoms with Gasteiger partial charge in [-0.3, -0.25) is 9.59 Å². The molecule has 6 atom stereocenters. The lowest BCUT2D eigenvalue weighted by Gasteiger charge is -2.68. The summed E-state index contributed by atoms with van der Waals surface area (Å²) in [5.41, 5.74) is 8.44. The molecule has 11 heteroatoms. The van der Waals surface area contributed by atoms with E-state index in [2.05, 4.69) is 98.8 Å². The summed E-state index contributed by atoms with van der Waals surface area (Å²) in [5.74, 6) is -0.384. The third-order valence-corrected chi connectivity index (χ3v) is 16.3. The van der Waals surface area contributed by atoms with Crippen LogP contribution in [0.1, 0.15) is 144 Å². The number of esters is 1. The van der Waals surface area contributed by atoms with E-state index in [0.29, 0.717) is 37.5 Å². The Hall–Kier alpha value is -2.24. The number of hydrogen-bond donors (Lipinski definition) is 4. The monoisotopic (exact) mass is 901 g/mol. The van der Waals surface area contributed by atoms with Gasteiger partial charge in [0.05, 0.1) is 42.5 Å². The van der Waals surface area contributed by atoms with Crippen LogP contribution in [0.4, 0.5) is 0 Å². The SMILES string of the molecule is CC1C(CO)C(N)(c2ccc(CCC(C)(C)C)c(Cl)c2)COC1(C)C.COC(=O)C12CC(NC(=O)CC3(c4ccc(CCC(C)(C)C)c(Cl)c4)COC(C)(C)C(C)C3CO)(C1)C2. The normalized spacial score (nSPS) is 32.4. The Morgan fingerprint density at radius 2 is 1.23 bits per heavy atom. The smallest absolute Gasteiger partial charge is 0.312 e. The Kier molecular flexibility index (Phi) is 14.9. The van der Waals surface area contributed by atoms with Gasteiger partial charge in [0, 0.05) is 46.6 Å². The van der Waals surface area contributed by atoms with Gasteiger partial charge in [-0.15, -0.1) is 0 Å². The number of nitrogens with two attached hydrogens (primary N) is 1. The number of hydrogen-bond acceptors (Lipinski definition) is 8. The molecule has 5 fully saturated rings. The molecule has 2 aliphatic heterocycles. The lowest BCUT2D eigenvalue weighted by molar-refractivity contribution is -0.204. The highest BCUT2D eigenvalue weighted by molar-refractivity contribution is 6.31. The Bertz CT molecular complexity index is 1920. The third kappa shape index (κ3) is 10.4. The number of nitrogens with one attached hydrogen (secondary N) is 1. The number of aryl methyl sites for hydroxylation is 2.